The van der Waals surface area contributed by atoms with E-state index in [1.165, 1.54) is 25.3 Å². The summed E-state index contributed by atoms with van der Waals surface area (Å²) in [6, 6.07) is 4.13. The average Bonchev–Trinajstić information content (AvgIpc) is 2.47. The molecule has 0 unspecified atom stereocenters. The van der Waals surface area contributed by atoms with E-state index in [1.807, 2.05) is 0 Å². The van der Waals surface area contributed by atoms with E-state index >= 15 is 0 Å². The standard InChI is InChI=1S/C14H21N3O4S.ClH/c1-21-13-3-2-11(22(15,19)20)9-12(13)17-14(18)8-10-4-6-16-7-5-10;/h2-3,9-10,16H,4-8H2,1H3,(H,17,18)(H2,15,19,20);1H. The number of methoxy groups -OCH3 is 1. The molecule has 1 aromatic rings. The van der Waals surface area contributed by atoms with Gasteiger partial charge >= 0.3 is 0 Å². The first kappa shape index (κ1) is 19.7. The Kier molecular flexibility index (Phi) is 7.27. The summed E-state index contributed by atoms with van der Waals surface area (Å²) >= 11 is 0. The van der Waals surface area contributed by atoms with Gasteiger partial charge in [0.2, 0.25) is 15.9 Å². The minimum Gasteiger partial charge on any atom is -0.495 e. The molecule has 0 spiro atoms. The predicted molar refractivity (Wildman–Crippen MR) is 90.5 cm³/mol. The molecule has 1 aromatic carbocycles. The summed E-state index contributed by atoms with van der Waals surface area (Å²) in [4.78, 5) is 12.1. The number of nitrogens with one attached hydrogen (secondary N) is 2. The van der Waals surface area contributed by atoms with Crippen LogP contribution < -0.4 is 20.5 Å². The molecule has 0 aromatic heterocycles. The van der Waals surface area contributed by atoms with Crippen molar-refractivity contribution in [1.82, 2.24) is 5.32 Å². The first-order chi connectivity index (χ1) is 10.4. The number of nitrogens with two attached hydrogens (primary N) is 1. The second kappa shape index (κ2) is 8.49. The van der Waals surface area contributed by atoms with E-state index in [4.69, 9.17) is 9.88 Å². The van der Waals surface area contributed by atoms with E-state index in [0.29, 0.717) is 23.8 Å². The Balaban J connectivity index is 0.00000264. The lowest BCUT2D eigenvalue weighted by Gasteiger charge is -2.22. The Hall–Kier alpha value is -1.35. The van der Waals surface area contributed by atoms with E-state index in [2.05, 4.69) is 10.6 Å². The van der Waals surface area contributed by atoms with Crippen LogP contribution >= 0.6 is 12.4 Å². The minimum absolute atomic E-state index is 0. The maximum Gasteiger partial charge on any atom is 0.238 e. The summed E-state index contributed by atoms with van der Waals surface area (Å²) in [6.45, 7) is 1.84. The van der Waals surface area contributed by atoms with Crippen molar-refractivity contribution in [3.63, 3.8) is 0 Å². The zero-order valence-corrected chi connectivity index (χ0v) is 14.5. The number of amides is 1. The quantitative estimate of drug-likeness (QED) is 0.725. The first-order valence-corrected chi connectivity index (χ1v) is 8.66. The van der Waals surface area contributed by atoms with Gasteiger partial charge in [0.05, 0.1) is 17.7 Å². The van der Waals surface area contributed by atoms with Gasteiger partial charge in [-0.25, -0.2) is 13.6 Å². The van der Waals surface area contributed by atoms with Gasteiger partial charge in [-0.2, -0.15) is 0 Å². The molecule has 1 fully saturated rings. The molecule has 130 valence electrons. The van der Waals surface area contributed by atoms with Gasteiger partial charge in [-0.05, 0) is 50.0 Å². The summed E-state index contributed by atoms with van der Waals surface area (Å²) in [5.74, 6) is 0.580. The van der Waals surface area contributed by atoms with E-state index in [-0.39, 0.29) is 23.2 Å². The Labute approximate surface area is 142 Å². The predicted octanol–water partition coefficient (Wildman–Crippen LogP) is 1.09. The van der Waals surface area contributed by atoms with Gasteiger partial charge in [0, 0.05) is 6.42 Å². The lowest BCUT2D eigenvalue weighted by atomic mass is 9.94. The Morgan fingerprint density at radius 2 is 2.04 bits per heavy atom. The van der Waals surface area contributed by atoms with Crippen LogP contribution in [-0.4, -0.2) is 34.5 Å². The van der Waals surface area contributed by atoms with Crippen LogP contribution in [0.3, 0.4) is 0 Å². The van der Waals surface area contributed by atoms with Crippen LogP contribution in [0.4, 0.5) is 5.69 Å². The SMILES string of the molecule is COc1ccc(S(N)(=O)=O)cc1NC(=O)CC1CCNCC1.Cl. The monoisotopic (exact) mass is 363 g/mol. The lowest BCUT2D eigenvalue weighted by molar-refractivity contribution is -0.117. The molecule has 1 saturated heterocycles. The summed E-state index contributed by atoms with van der Waals surface area (Å²) in [6.07, 6.45) is 2.33. The number of piperidine rings is 1. The van der Waals surface area contributed by atoms with Gasteiger partial charge in [-0.3, -0.25) is 4.79 Å². The molecule has 0 aliphatic carbocycles. The Morgan fingerprint density at radius 1 is 1.39 bits per heavy atom. The van der Waals surface area contributed by atoms with Crippen LogP contribution in [0.5, 0.6) is 5.75 Å². The number of rotatable bonds is 5. The molecule has 2 rings (SSSR count). The van der Waals surface area contributed by atoms with Crippen molar-refractivity contribution in [3.05, 3.63) is 18.2 Å². The molecule has 0 radical (unpaired) electrons. The fourth-order valence-corrected chi connectivity index (χ4v) is 3.05. The Bertz CT molecular complexity index is 645. The molecule has 9 heteroatoms. The molecule has 0 atom stereocenters. The summed E-state index contributed by atoms with van der Waals surface area (Å²) in [7, 11) is -2.38. The fourth-order valence-electron chi connectivity index (χ4n) is 2.51. The van der Waals surface area contributed by atoms with Gasteiger partial charge in [0.1, 0.15) is 5.75 Å². The van der Waals surface area contributed by atoms with Crippen molar-refractivity contribution in [2.24, 2.45) is 11.1 Å². The molecule has 4 N–H and O–H groups in total. The van der Waals surface area contributed by atoms with Crippen molar-refractivity contribution in [2.45, 2.75) is 24.2 Å². The van der Waals surface area contributed by atoms with Crippen molar-refractivity contribution in [1.29, 1.82) is 0 Å². The van der Waals surface area contributed by atoms with Crippen LogP contribution in [-0.2, 0) is 14.8 Å². The average molecular weight is 364 g/mol. The van der Waals surface area contributed by atoms with Gasteiger partial charge in [-0.15, -0.1) is 12.4 Å². The molecule has 1 heterocycles. The zero-order valence-electron chi connectivity index (χ0n) is 12.9. The maximum atomic E-state index is 12.1. The summed E-state index contributed by atoms with van der Waals surface area (Å²) < 4.78 is 28.0. The number of carbonyl (C=O) groups excluding carboxylic acids is 1. The number of ether oxygens (including phenoxy) is 1. The number of benzene rings is 1. The van der Waals surface area contributed by atoms with E-state index < -0.39 is 10.0 Å². The third-order valence-corrected chi connectivity index (χ3v) is 4.62. The molecular formula is C14H22ClN3O4S. The fraction of sp³-hybridized carbons (Fsp3) is 0.500. The molecule has 23 heavy (non-hydrogen) atoms. The van der Waals surface area contributed by atoms with Crippen LogP contribution in [0.15, 0.2) is 23.1 Å². The highest BCUT2D eigenvalue weighted by Gasteiger charge is 2.19. The highest BCUT2D eigenvalue weighted by atomic mass is 35.5. The van der Waals surface area contributed by atoms with Crippen LogP contribution in [0.2, 0.25) is 0 Å². The number of sulfonamides is 1. The number of anilines is 1. The Morgan fingerprint density at radius 3 is 2.61 bits per heavy atom. The number of halogens is 1. The van der Waals surface area contributed by atoms with E-state index in [1.54, 1.807) is 0 Å². The van der Waals surface area contributed by atoms with Crippen LogP contribution in [0.25, 0.3) is 0 Å². The molecule has 0 saturated carbocycles. The van der Waals surface area contributed by atoms with Gasteiger partial charge in [-0.1, -0.05) is 0 Å². The largest absolute Gasteiger partial charge is 0.495 e. The van der Waals surface area contributed by atoms with Gasteiger partial charge in [0.15, 0.2) is 0 Å². The highest BCUT2D eigenvalue weighted by Crippen LogP contribution is 2.28. The molecule has 1 aliphatic heterocycles. The third-order valence-electron chi connectivity index (χ3n) is 3.71. The van der Waals surface area contributed by atoms with Crippen molar-refractivity contribution in [2.75, 3.05) is 25.5 Å². The van der Waals surface area contributed by atoms with Gasteiger partial charge in [0.25, 0.3) is 0 Å². The van der Waals surface area contributed by atoms with Crippen molar-refractivity contribution < 1.29 is 17.9 Å². The van der Waals surface area contributed by atoms with Crippen LogP contribution in [0, 0.1) is 5.92 Å². The van der Waals surface area contributed by atoms with E-state index in [0.717, 1.165) is 25.9 Å². The lowest BCUT2D eigenvalue weighted by Crippen LogP contribution is -2.30. The van der Waals surface area contributed by atoms with Crippen LogP contribution in [0.1, 0.15) is 19.3 Å². The molecule has 0 bridgehead atoms. The topological polar surface area (TPSA) is 111 Å². The maximum absolute atomic E-state index is 12.1. The normalized spacial score (nSPS) is 15.6. The van der Waals surface area contributed by atoms with Gasteiger partial charge < -0.3 is 15.4 Å². The smallest absolute Gasteiger partial charge is 0.238 e. The highest BCUT2D eigenvalue weighted by molar-refractivity contribution is 7.89. The minimum atomic E-state index is -3.83. The number of hydrogen-bond acceptors (Lipinski definition) is 5. The van der Waals surface area contributed by atoms with E-state index in [9.17, 15) is 13.2 Å². The number of primary sulfonamides is 1. The molecular weight excluding hydrogens is 342 g/mol. The van der Waals surface area contributed by atoms with Crippen molar-refractivity contribution in [3.8, 4) is 5.75 Å². The molecule has 1 aliphatic rings. The summed E-state index contributed by atoms with van der Waals surface area (Å²) in [5, 5.41) is 11.1. The third kappa shape index (κ3) is 5.65. The second-order valence-corrected chi connectivity index (χ2v) is 6.91. The van der Waals surface area contributed by atoms with Crippen molar-refractivity contribution >= 4 is 34.0 Å². The molecule has 7 nitrogen and oxygen atoms in total. The molecule has 1 amide bonds. The zero-order chi connectivity index (χ0) is 16.2. The number of carbonyl (C=O) groups is 1. The first-order valence-electron chi connectivity index (χ1n) is 7.11. The number of hydrogen-bond donors (Lipinski definition) is 3. The summed E-state index contributed by atoms with van der Waals surface area (Å²) in [5.41, 5.74) is 0.313. The second-order valence-electron chi connectivity index (χ2n) is 5.35.